The highest BCUT2D eigenvalue weighted by Gasteiger charge is 2.13. The topological polar surface area (TPSA) is 124 Å². The zero-order valence-corrected chi connectivity index (χ0v) is 19.1. The van der Waals surface area contributed by atoms with Gasteiger partial charge < -0.3 is 24.8 Å². The number of methoxy groups -OCH3 is 3. The van der Waals surface area contributed by atoms with E-state index in [4.69, 9.17) is 14.2 Å². The molecule has 0 saturated carbocycles. The van der Waals surface area contributed by atoms with Crippen molar-refractivity contribution in [3.05, 3.63) is 42.5 Å². The minimum atomic E-state index is -0.452. The first kappa shape index (κ1) is 23.2. The molecule has 3 N–H and O–H groups in total. The highest BCUT2D eigenvalue weighted by atomic mass is 32.2. The van der Waals surface area contributed by atoms with Crippen LogP contribution >= 0.6 is 23.1 Å². The largest absolute Gasteiger partial charge is 0.497 e. The number of anilines is 3. The van der Waals surface area contributed by atoms with Crippen molar-refractivity contribution in [2.45, 2.75) is 4.34 Å². The molecule has 0 aliphatic heterocycles. The molecular formula is C20H21N5O5S2. The molecule has 0 bridgehead atoms. The molecule has 168 valence electrons. The smallest absolute Gasteiger partial charge is 0.325 e. The van der Waals surface area contributed by atoms with E-state index < -0.39 is 6.03 Å². The van der Waals surface area contributed by atoms with Crippen LogP contribution in [0.3, 0.4) is 0 Å². The predicted octanol–water partition coefficient (Wildman–Crippen LogP) is 3.94. The first-order valence-corrected chi connectivity index (χ1v) is 11.0. The van der Waals surface area contributed by atoms with Crippen LogP contribution in [0.25, 0.3) is 0 Å². The van der Waals surface area contributed by atoms with E-state index in [1.165, 1.54) is 30.2 Å². The quantitative estimate of drug-likeness (QED) is 0.314. The van der Waals surface area contributed by atoms with E-state index in [2.05, 4.69) is 26.1 Å². The van der Waals surface area contributed by atoms with Crippen LogP contribution in [0.2, 0.25) is 0 Å². The Bertz CT molecular complexity index is 1070. The number of rotatable bonds is 9. The van der Waals surface area contributed by atoms with Crippen molar-refractivity contribution in [2.24, 2.45) is 0 Å². The number of benzene rings is 2. The van der Waals surface area contributed by atoms with E-state index in [9.17, 15) is 9.59 Å². The minimum absolute atomic E-state index is 0.113. The average molecular weight is 476 g/mol. The van der Waals surface area contributed by atoms with Gasteiger partial charge in [0, 0.05) is 11.8 Å². The van der Waals surface area contributed by atoms with Gasteiger partial charge in [-0.2, -0.15) is 0 Å². The summed E-state index contributed by atoms with van der Waals surface area (Å²) in [6.45, 7) is 0. The summed E-state index contributed by atoms with van der Waals surface area (Å²) in [6, 6.07) is 11.6. The van der Waals surface area contributed by atoms with Crippen molar-refractivity contribution in [1.82, 2.24) is 10.2 Å². The van der Waals surface area contributed by atoms with Gasteiger partial charge in [0.1, 0.15) is 17.2 Å². The van der Waals surface area contributed by atoms with Crippen molar-refractivity contribution in [1.29, 1.82) is 0 Å². The number of hydrogen-bond acceptors (Lipinski definition) is 9. The fourth-order valence-electron chi connectivity index (χ4n) is 2.47. The van der Waals surface area contributed by atoms with Gasteiger partial charge in [0.05, 0.1) is 32.8 Å². The zero-order chi connectivity index (χ0) is 22.9. The van der Waals surface area contributed by atoms with Gasteiger partial charge in [0.15, 0.2) is 4.34 Å². The standard InChI is InChI=1S/C20H21N5O5S2/c1-28-13-6-4-12(5-7-13)21-18(27)23-19-24-25-20(32-19)31-11-17(26)22-15-9-8-14(29-2)10-16(15)30-3/h4-10H,11H2,1-3H3,(H,22,26)(H2,21,23,24,27). The number of carbonyl (C=O) groups is 2. The molecule has 0 spiro atoms. The SMILES string of the molecule is COc1ccc(NC(=O)Nc2nnc(SCC(=O)Nc3ccc(OC)cc3OC)s2)cc1. The van der Waals surface area contributed by atoms with Gasteiger partial charge in [0.25, 0.3) is 0 Å². The molecule has 1 aromatic heterocycles. The van der Waals surface area contributed by atoms with E-state index in [1.807, 2.05) is 0 Å². The Kier molecular flexibility index (Phi) is 8.11. The number of amides is 3. The van der Waals surface area contributed by atoms with Crippen LogP contribution in [0.5, 0.6) is 17.2 Å². The first-order valence-electron chi connectivity index (χ1n) is 9.21. The Hall–Kier alpha value is -3.51. The maximum Gasteiger partial charge on any atom is 0.325 e. The third-order valence-corrected chi connectivity index (χ3v) is 5.96. The molecule has 0 saturated heterocycles. The maximum atomic E-state index is 12.3. The maximum absolute atomic E-state index is 12.3. The Labute approximate surface area is 192 Å². The summed E-state index contributed by atoms with van der Waals surface area (Å²) in [5.41, 5.74) is 1.14. The van der Waals surface area contributed by atoms with Gasteiger partial charge >= 0.3 is 6.03 Å². The second-order valence-corrected chi connectivity index (χ2v) is 8.28. The first-order chi connectivity index (χ1) is 15.5. The Morgan fingerprint density at radius 3 is 2.31 bits per heavy atom. The van der Waals surface area contributed by atoms with Crippen LogP contribution in [0.1, 0.15) is 0 Å². The van der Waals surface area contributed by atoms with Crippen LogP contribution in [0, 0.1) is 0 Å². The lowest BCUT2D eigenvalue weighted by Gasteiger charge is -2.11. The van der Waals surface area contributed by atoms with Gasteiger partial charge in [-0.05, 0) is 36.4 Å². The van der Waals surface area contributed by atoms with Crippen molar-refractivity contribution in [2.75, 3.05) is 43.0 Å². The van der Waals surface area contributed by atoms with Crippen LogP contribution in [-0.2, 0) is 4.79 Å². The monoisotopic (exact) mass is 475 g/mol. The van der Waals surface area contributed by atoms with Crippen LogP contribution in [0.4, 0.5) is 21.3 Å². The van der Waals surface area contributed by atoms with Gasteiger partial charge in [-0.15, -0.1) is 10.2 Å². The summed E-state index contributed by atoms with van der Waals surface area (Å²) in [5.74, 6) is 1.69. The molecule has 3 amide bonds. The molecule has 12 heteroatoms. The highest BCUT2D eigenvalue weighted by molar-refractivity contribution is 8.01. The Balaban J connectivity index is 1.48. The molecule has 32 heavy (non-hydrogen) atoms. The molecule has 1 heterocycles. The second-order valence-electron chi connectivity index (χ2n) is 6.08. The Morgan fingerprint density at radius 1 is 0.906 bits per heavy atom. The van der Waals surface area contributed by atoms with Crippen molar-refractivity contribution < 1.29 is 23.8 Å². The zero-order valence-electron chi connectivity index (χ0n) is 17.5. The van der Waals surface area contributed by atoms with E-state index >= 15 is 0 Å². The molecule has 0 aliphatic carbocycles. The molecule has 3 aromatic rings. The fourth-order valence-corrected chi connectivity index (χ4v) is 4.01. The van der Waals surface area contributed by atoms with Gasteiger partial charge in [-0.3, -0.25) is 10.1 Å². The van der Waals surface area contributed by atoms with E-state index in [0.29, 0.717) is 38.1 Å². The summed E-state index contributed by atoms with van der Waals surface area (Å²) in [4.78, 5) is 24.4. The van der Waals surface area contributed by atoms with Crippen LogP contribution < -0.4 is 30.2 Å². The van der Waals surface area contributed by atoms with Crippen LogP contribution in [0.15, 0.2) is 46.8 Å². The molecule has 0 aliphatic rings. The average Bonchev–Trinajstić information content (AvgIpc) is 3.25. The molecule has 0 radical (unpaired) electrons. The lowest BCUT2D eigenvalue weighted by atomic mass is 10.2. The number of urea groups is 1. The summed E-state index contributed by atoms with van der Waals surface area (Å²) in [6.07, 6.45) is 0. The van der Waals surface area contributed by atoms with Crippen molar-refractivity contribution in [3.63, 3.8) is 0 Å². The lowest BCUT2D eigenvalue weighted by Crippen LogP contribution is -2.19. The Morgan fingerprint density at radius 2 is 1.62 bits per heavy atom. The van der Waals surface area contributed by atoms with Crippen LogP contribution in [-0.4, -0.2) is 49.2 Å². The molecule has 0 unspecified atom stereocenters. The number of aromatic nitrogens is 2. The summed E-state index contributed by atoms with van der Waals surface area (Å²) in [5, 5.41) is 16.3. The number of hydrogen-bond donors (Lipinski definition) is 3. The highest BCUT2D eigenvalue weighted by Crippen LogP contribution is 2.30. The van der Waals surface area contributed by atoms with Crippen molar-refractivity contribution >= 4 is 51.5 Å². The minimum Gasteiger partial charge on any atom is -0.497 e. The molecule has 2 aromatic carbocycles. The number of ether oxygens (including phenoxy) is 3. The summed E-state index contributed by atoms with van der Waals surface area (Å²) in [7, 11) is 4.64. The molecule has 3 rings (SSSR count). The van der Waals surface area contributed by atoms with E-state index in [1.54, 1.807) is 56.7 Å². The fraction of sp³-hybridized carbons (Fsp3) is 0.200. The van der Waals surface area contributed by atoms with E-state index in [-0.39, 0.29) is 11.7 Å². The number of nitrogens with zero attached hydrogens (tertiary/aromatic N) is 2. The number of carbonyl (C=O) groups excluding carboxylic acids is 2. The second kappa shape index (κ2) is 11.2. The van der Waals surface area contributed by atoms with Gasteiger partial charge in [-0.1, -0.05) is 23.1 Å². The van der Waals surface area contributed by atoms with E-state index in [0.717, 1.165) is 0 Å². The normalized spacial score (nSPS) is 10.2. The molecule has 0 atom stereocenters. The summed E-state index contributed by atoms with van der Waals surface area (Å²) >= 11 is 2.37. The van der Waals surface area contributed by atoms with Crippen molar-refractivity contribution in [3.8, 4) is 17.2 Å². The lowest BCUT2D eigenvalue weighted by molar-refractivity contribution is -0.113. The third-order valence-electron chi connectivity index (χ3n) is 3.98. The molecular weight excluding hydrogens is 454 g/mol. The van der Waals surface area contributed by atoms with Gasteiger partial charge in [0.2, 0.25) is 11.0 Å². The third kappa shape index (κ3) is 6.49. The molecule has 0 fully saturated rings. The number of nitrogens with one attached hydrogen (secondary N) is 3. The molecule has 10 nitrogen and oxygen atoms in total. The summed E-state index contributed by atoms with van der Waals surface area (Å²) < 4.78 is 16.0. The number of thioether (sulfide) groups is 1. The predicted molar refractivity (Wildman–Crippen MR) is 124 cm³/mol. The van der Waals surface area contributed by atoms with Gasteiger partial charge in [-0.25, -0.2) is 4.79 Å².